The van der Waals surface area contributed by atoms with E-state index in [0.29, 0.717) is 17.7 Å². The molecule has 19 heavy (non-hydrogen) atoms. The lowest BCUT2D eigenvalue weighted by atomic mass is 9.93. The van der Waals surface area contributed by atoms with Gasteiger partial charge in [-0.3, -0.25) is 4.79 Å². The van der Waals surface area contributed by atoms with Gasteiger partial charge in [-0.15, -0.1) is 0 Å². The van der Waals surface area contributed by atoms with Crippen LogP contribution in [0, 0.1) is 18.8 Å². The Hall–Kier alpha value is -0.940. The van der Waals surface area contributed by atoms with Crippen LogP contribution in [0.1, 0.15) is 24.8 Å². The first-order chi connectivity index (χ1) is 9.15. The fraction of sp³-hybridized carbons (Fsp3) is 0.571. The number of aryl methyl sites for hydroxylation is 1. The van der Waals surface area contributed by atoms with E-state index < -0.39 is 0 Å². The molecule has 1 saturated heterocycles. The van der Waals surface area contributed by atoms with E-state index >= 15 is 0 Å². The first-order valence-electron chi connectivity index (χ1n) is 6.81. The van der Waals surface area contributed by atoms with Crippen LogP contribution in [0.4, 0.5) is 5.82 Å². The number of rotatable bonds is 2. The summed E-state index contributed by atoms with van der Waals surface area (Å²) in [5, 5.41) is 6.32. The lowest BCUT2D eigenvalue weighted by Crippen LogP contribution is -2.40. The minimum absolute atomic E-state index is 0.0441. The molecule has 5 heteroatoms. The molecule has 1 aromatic rings. The molecule has 3 rings (SSSR count). The summed E-state index contributed by atoms with van der Waals surface area (Å²) in [7, 11) is 0. The van der Waals surface area contributed by atoms with Crippen molar-refractivity contribution < 1.29 is 4.79 Å². The first-order valence-corrected chi connectivity index (χ1v) is 7.61. The lowest BCUT2D eigenvalue weighted by molar-refractivity contribution is -0.118. The van der Waals surface area contributed by atoms with Crippen LogP contribution in [0.5, 0.6) is 0 Å². The van der Waals surface area contributed by atoms with Crippen LogP contribution < -0.4 is 10.6 Å². The molecular formula is C14H18BrN3O. The molecular weight excluding hydrogens is 306 g/mol. The van der Waals surface area contributed by atoms with Gasteiger partial charge < -0.3 is 10.6 Å². The molecule has 0 bridgehead atoms. The number of carbonyl (C=O) groups excluding carboxylic acids is 1. The van der Waals surface area contributed by atoms with Crippen LogP contribution in [0.2, 0.25) is 0 Å². The number of fused-ring (bicyclic) bond motifs is 1. The zero-order chi connectivity index (χ0) is 13.4. The number of hydrogen-bond donors (Lipinski definition) is 2. The maximum Gasteiger partial charge on any atom is 0.242 e. The summed E-state index contributed by atoms with van der Waals surface area (Å²) in [5.41, 5.74) is 0.976. The molecule has 3 unspecified atom stereocenters. The van der Waals surface area contributed by atoms with Gasteiger partial charge in [0.1, 0.15) is 5.82 Å². The van der Waals surface area contributed by atoms with Gasteiger partial charge in [-0.25, -0.2) is 4.98 Å². The Morgan fingerprint density at radius 1 is 1.53 bits per heavy atom. The third kappa shape index (κ3) is 2.54. The highest BCUT2D eigenvalue weighted by Gasteiger charge is 2.42. The number of halogens is 1. The molecule has 1 saturated carbocycles. The first kappa shape index (κ1) is 13.1. The van der Waals surface area contributed by atoms with Crippen molar-refractivity contribution in [1.82, 2.24) is 10.3 Å². The number of carbonyl (C=O) groups is 1. The van der Waals surface area contributed by atoms with Crippen LogP contribution in [0.15, 0.2) is 16.7 Å². The standard InChI is InChI=1S/C14H18BrN3O/c1-8-5-10(15)7-17-13(8)18-14(19)12-11-4-2-3-9(11)6-16-12/h5,7,9,11-12,16H,2-4,6H2,1H3,(H,17,18,19). The molecule has 3 atom stereocenters. The van der Waals surface area contributed by atoms with Crippen molar-refractivity contribution in [3.05, 3.63) is 22.3 Å². The second kappa shape index (κ2) is 5.21. The van der Waals surface area contributed by atoms with Crippen LogP contribution >= 0.6 is 15.9 Å². The van der Waals surface area contributed by atoms with Gasteiger partial charge in [-0.1, -0.05) is 6.42 Å². The summed E-state index contributed by atoms with van der Waals surface area (Å²) in [6, 6.07) is 1.92. The van der Waals surface area contributed by atoms with Crippen molar-refractivity contribution in [2.75, 3.05) is 11.9 Å². The quantitative estimate of drug-likeness (QED) is 0.879. The van der Waals surface area contributed by atoms with E-state index in [0.717, 1.165) is 16.6 Å². The average molecular weight is 324 g/mol. The fourth-order valence-corrected chi connectivity index (χ4v) is 3.79. The minimum atomic E-state index is -0.0441. The lowest BCUT2D eigenvalue weighted by Gasteiger charge is -2.18. The van der Waals surface area contributed by atoms with E-state index in [1.807, 2.05) is 13.0 Å². The van der Waals surface area contributed by atoms with Crippen molar-refractivity contribution in [2.24, 2.45) is 11.8 Å². The van der Waals surface area contributed by atoms with E-state index in [9.17, 15) is 4.79 Å². The SMILES string of the molecule is Cc1cc(Br)cnc1NC(=O)C1NCC2CCCC21. The van der Waals surface area contributed by atoms with Gasteiger partial charge in [0.25, 0.3) is 0 Å². The number of nitrogens with one attached hydrogen (secondary N) is 2. The van der Waals surface area contributed by atoms with Crippen molar-refractivity contribution in [2.45, 2.75) is 32.2 Å². The summed E-state index contributed by atoms with van der Waals surface area (Å²) in [6.07, 6.45) is 5.40. The van der Waals surface area contributed by atoms with Crippen LogP contribution in [-0.2, 0) is 4.79 Å². The average Bonchev–Trinajstić information content (AvgIpc) is 2.94. The van der Waals surface area contributed by atoms with Gasteiger partial charge in [-0.2, -0.15) is 0 Å². The molecule has 0 radical (unpaired) electrons. The number of nitrogens with zero attached hydrogens (tertiary/aromatic N) is 1. The van der Waals surface area contributed by atoms with Gasteiger partial charge in [0, 0.05) is 10.7 Å². The molecule has 4 nitrogen and oxygen atoms in total. The Morgan fingerprint density at radius 2 is 2.37 bits per heavy atom. The highest BCUT2D eigenvalue weighted by molar-refractivity contribution is 9.10. The molecule has 2 N–H and O–H groups in total. The van der Waals surface area contributed by atoms with E-state index in [2.05, 4.69) is 31.5 Å². The second-order valence-electron chi connectivity index (χ2n) is 5.55. The Morgan fingerprint density at radius 3 is 3.16 bits per heavy atom. The fourth-order valence-electron chi connectivity index (χ4n) is 3.34. The van der Waals surface area contributed by atoms with Gasteiger partial charge >= 0.3 is 0 Å². The normalized spacial score (nSPS) is 29.3. The van der Waals surface area contributed by atoms with Gasteiger partial charge in [-0.05, 0) is 65.7 Å². The van der Waals surface area contributed by atoms with Crippen LogP contribution in [0.25, 0.3) is 0 Å². The Kier molecular flexibility index (Phi) is 3.58. The Labute approximate surface area is 121 Å². The number of amides is 1. The van der Waals surface area contributed by atoms with Gasteiger partial charge in [0.15, 0.2) is 0 Å². The highest BCUT2D eigenvalue weighted by atomic mass is 79.9. The summed E-state index contributed by atoms with van der Waals surface area (Å²) in [5.74, 6) is 1.93. The van der Waals surface area contributed by atoms with Crippen molar-refractivity contribution in [3.8, 4) is 0 Å². The summed E-state index contributed by atoms with van der Waals surface area (Å²) in [6.45, 7) is 2.93. The van der Waals surface area contributed by atoms with E-state index in [-0.39, 0.29) is 11.9 Å². The molecule has 1 aromatic heterocycles. The van der Waals surface area contributed by atoms with Crippen molar-refractivity contribution in [1.29, 1.82) is 0 Å². The predicted molar refractivity (Wildman–Crippen MR) is 77.9 cm³/mol. The third-order valence-electron chi connectivity index (χ3n) is 4.31. The summed E-state index contributed by atoms with van der Waals surface area (Å²) >= 11 is 3.38. The second-order valence-corrected chi connectivity index (χ2v) is 6.46. The topological polar surface area (TPSA) is 54.0 Å². The molecule has 2 heterocycles. The van der Waals surface area contributed by atoms with E-state index in [1.165, 1.54) is 19.3 Å². The van der Waals surface area contributed by atoms with Crippen molar-refractivity contribution in [3.63, 3.8) is 0 Å². The predicted octanol–water partition coefficient (Wildman–Crippen LogP) is 2.48. The molecule has 1 amide bonds. The maximum absolute atomic E-state index is 12.4. The minimum Gasteiger partial charge on any atom is -0.309 e. The maximum atomic E-state index is 12.4. The van der Waals surface area contributed by atoms with Gasteiger partial charge in [0.2, 0.25) is 5.91 Å². The van der Waals surface area contributed by atoms with Crippen LogP contribution in [-0.4, -0.2) is 23.5 Å². The molecule has 0 aromatic carbocycles. The number of aromatic nitrogens is 1. The number of anilines is 1. The van der Waals surface area contributed by atoms with E-state index in [1.54, 1.807) is 6.20 Å². The van der Waals surface area contributed by atoms with Crippen LogP contribution in [0.3, 0.4) is 0 Å². The molecule has 1 aliphatic carbocycles. The highest BCUT2D eigenvalue weighted by Crippen LogP contribution is 2.38. The molecule has 2 fully saturated rings. The molecule has 2 aliphatic rings. The smallest absolute Gasteiger partial charge is 0.242 e. The zero-order valence-electron chi connectivity index (χ0n) is 10.9. The number of pyridine rings is 1. The molecule has 102 valence electrons. The van der Waals surface area contributed by atoms with E-state index in [4.69, 9.17) is 0 Å². The zero-order valence-corrected chi connectivity index (χ0v) is 12.5. The molecule has 0 spiro atoms. The van der Waals surface area contributed by atoms with Crippen molar-refractivity contribution >= 4 is 27.7 Å². The Balaban J connectivity index is 1.71. The Bertz CT molecular complexity index is 505. The monoisotopic (exact) mass is 323 g/mol. The van der Waals surface area contributed by atoms with Gasteiger partial charge in [0.05, 0.1) is 6.04 Å². The largest absolute Gasteiger partial charge is 0.309 e. The molecule has 1 aliphatic heterocycles. The summed E-state index contributed by atoms with van der Waals surface area (Å²) < 4.78 is 0.929. The summed E-state index contributed by atoms with van der Waals surface area (Å²) in [4.78, 5) is 16.6. The number of hydrogen-bond acceptors (Lipinski definition) is 3. The third-order valence-corrected chi connectivity index (χ3v) is 4.75.